The van der Waals surface area contributed by atoms with E-state index in [2.05, 4.69) is 21.2 Å². The molecule has 1 aromatic carbocycles. The number of amides is 1. The van der Waals surface area contributed by atoms with Gasteiger partial charge in [-0.05, 0) is 28.4 Å². The van der Waals surface area contributed by atoms with E-state index in [1.54, 1.807) is 18.2 Å². The minimum absolute atomic E-state index is 0.0321. The van der Waals surface area contributed by atoms with E-state index >= 15 is 0 Å². The zero-order valence-corrected chi connectivity index (χ0v) is 12.2. The van der Waals surface area contributed by atoms with Gasteiger partial charge in [0.25, 0.3) is 5.69 Å². The van der Waals surface area contributed by atoms with Crippen LogP contribution in [0.1, 0.15) is 12.0 Å². The fraction of sp³-hybridized carbons (Fsp3) is 0.417. The van der Waals surface area contributed by atoms with Gasteiger partial charge in [-0.25, -0.2) is 4.79 Å². The van der Waals surface area contributed by atoms with E-state index in [-0.39, 0.29) is 11.7 Å². The molecule has 7 nitrogen and oxygen atoms in total. The zero-order valence-electron chi connectivity index (χ0n) is 10.6. The summed E-state index contributed by atoms with van der Waals surface area (Å²) in [6.45, 7) is 1.25. The van der Waals surface area contributed by atoms with Crippen molar-refractivity contribution in [2.45, 2.75) is 19.0 Å². The first-order chi connectivity index (χ1) is 9.49. The number of nitrogens with one attached hydrogen (secondary N) is 1. The van der Waals surface area contributed by atoms with Crippen molar-refractivity contribution in [3.8, 4) is 0 Å². The van der Waals surface area contributed by atoms with Crippen molar-refractivity contribution in [2.75, 3.05) is 13.1 Å². The molecule has 1 saturated heterocycles. The topological polar surface area (TPSA) is 95.7 Å². The monoisotopic (exact) mass is 343 g/mol. The number of hydrogen-bond acceptors (Lipinski definition) is 4. The van der Waals surface area contributed by atoms with Gasteiger partial charge in [0.2, 0.25) is 0 Å². The summed E-state index contributed by atoms with van der Waals surface area (Å²) in [7, 11) is 0. The maximum atomic E-state index is 11.0. The largest absolute Gasteiger partial charge is 0.465 e. The molecule has 1 aliphatic rings. The highest BCUT2D eigenvalue weighted by atomic mass is 79.9. The Kier molecular flexibility index (Phi) is 4.56. The fourth-order valence-electron chi connectivity index (χ4n) is 2.26. The van der Waals surface area contributed by atoms with Crippen molar-refractivity contribution in [1.29, 1.82) is 0 Å². The van der Waals surface area contributed by atoms with Crippen LogP contribution >= 0.6 is 15.9 Å². The summed E-state index contributed by atoms with van der Waals surface area (Å²) in [5.41, 5.74) is 0.631. The van der Waals surface area contributed by atoms with Crippen LogP contribution in [0.25, 0.3) is 0 Å². The molecule has 8 heteroatoms. The van der Waals surface area contributed by atoms with Crippen molar-refractivity contribution in [3.63, 3.8) is 0 Å². The van der Waals surface area contributed by atoms with Crippen molar-refractivity contribution in [1.82, 2.24) is 10.2 Å². The molecule has 0 unspecified atom stereocenters. The highest BCUT2D eigenvalue weighted by molar-refractivity contribution is 9.10. The van der Waals surface area contributed by atoms with Crippen LogP contribution in [0.2, 0.25) is 0 Å². The van der Waals surface area contributed by atoms with Crippen LogP contribution in [0.5, 0.6) is 0 Å². The van der Waals surface area contributed by atoms with Crippen LogP contribution < -0.4 is 5.32 Å². The van der Waals surface area contributed by atoms with Gasteiger partial charge in [0.15, 0.2) is 0 Å². The molecule has 0 bridgehead atoms. The van der Waals surface area contributed by atoms with E-state index in [1.165, 1.54) is 4.90 Å². The number of carboxylic acid groups (broad SMARTS) is 1. The average molecular weight is 344 g/mol. The number of rotatable bonds is 4. The van der Waals surface area contributed by atoms with Gasteiger partial charge in [-0.15, -0.1) is 0 Å². The Balaban J connectivity index is 2.00. The maximum Gasteiger partial charge on any atom is 0.407 e. The summed E-state index contributed by atoms with van der Waals surface area (Å²) in [6, 6.07) is 5.10. The number of nitro groups is 1. The number of hydrogen-bond donors (Lipinski definition) is 2. The van der Waals surface area contributed by atoms with Crippen molar-refractivity contribution >= 4 is 27.7 Å². The lowest BCUT2D eigenvalue weighted by molar-refractivity contribution is -0.386. The SMILES string of the molecule is O=C(O)N1CC[C@@H](NCc2cccc(Br)c2[N+](=O)[O-])C1. The molecule has 0 radical (unpaired) electrons. The van der Waals surface area contributed by atoms with E-state index in [9.17, 15) is 14.9 Å². The third-order valence-electron chi connectivity index (χ3n) is 3.29. The van der Waals surface area contributed by atoms with E-state index in [0.29, 0.717) is 36.1 Å². The number of nitro benzene ring substituents is 1. The van der Waals surface area contributed by atoms with Gasteiger partial charge in [-0.3, -0.25) is 10.1 Å². The predicted molar refractivity (Wildman–Crippen MR) is 75.6 cm³/mol. The lowest BCUT2D eigenvalue weighted by atomic mass is 10.1. The van der Waals surface area contributed by atoms with Gasteiger partial charge in [0, 0.05) is 31.2 Å². The fourth-order valence-corrected chi connectivity index (χ4v) is 2.81. The lowest BCUT2D eigenvalue weighted by Gasteiger charge is -2.14. The van der Waals surface area contributed by atoms with E-state index < -0.39 is 11.0 Å². The molecule has 0 spiro atoms. The molecule has 0 saturated carbocycles. The Morgan fingerprint density at radius 1 is 1.60 bits per heavy atom. The second-order valence-electron chi connectivity index (χ2n) is 4.60. The van der Waals surface area contributed by atoms with Crippen LogP contribution in [0.15, 0.2) is 22.7 Å². The predicted octanol–water partition coefficient (Wildman–Crippen LogP) is 2.20. The molecule has 2 rings (SSSR count). The van der Waals surface area contributed by atoms with Gasteiger partial charge in [0.1, 0.15) is 0 Å². The standard InChI is InChI=1S/C12H14BrN3O4/c13-10-3-1-2-8(11(10)16(19)20)6-14-9-4-5-15(7-9)12(17)18/h1-3,9,14H,4-7H2,(H,17,18)/t9-/m1/s1. The number of carbonyl (C=O) groups is 1. The second kappa shape index (κ2) is 6.19. The normalized spacial score (nSPS) is 18.2. The Bertz CT molecular complexity index is 537. The number of para-hydroxylation sites is 1. The summed E-state index contributed by atoms with van der Waals surface area (Å²) in [5, 5.41) is 23.1. The molecule has 108 valence electrons. The first-order valence-corrected chi connectivity index (χ1v) is 6.91. The minimum atomic E-state index is -0.928. The smallest absolute Gasteiger partial charge is 0.407 e. The van der Waals surface area contributed by atoms with E-state index in [4.69, 9.17) is 5.11 Å². The molecule has 20 heavy (non-hydrogen) atoms. The third-order valence-corrected chi connectivity index (χ3v) is 3.93. The summed E-state index contributed by atoms with van der Waals surface area (Å²) in [4.78, 5) is 22.8. The minimum Gasteiger partial charge on any atom is -0.465 e. The summed E-state index contributed by atoms with van der Waals surface area (Å²) in [5.74, 6) is 0. The highest BCUT2D eigenvalue weighted by Crippen LogP contribution is 2.28. The maximum absolute atomic E-state index is 11.0. The van der Waals surface area contributed by atoms with Crippen LogP contribution in [-0.4, -0.2) is 40.2 Å². The second-order valence-corrected chi connectivity index (χ2v) is 5.45. The van der Waals surface area contributed by atoms with E-state index in [0.717, 1.165) is 0 Å². The lowest BCUT2D eigenvalue weighted by Crippen LogP contribution is -2.34. The van der Waals surface area contributed by atoms with Crippen molar-refractivity contribution < 1.29 is 14.8 Å². The third kappa shape index (κ3) is 3.26. The zero-order chi connectivity index (χ0) is 14.7. The summed E-state index contributed by atoms with van der Waals surface area (Å²) < 4.78 is 0.445. The van der Waals surface area contributed by atoms with Gasteiger partial charge in [-0.2, -0.15) is 0 Å². The number of halogens is 1. The van der Waals surface area contributed by atoms with Crippen molar-refractivity contribution in [3.05, 3.63) is 38.3 Å². The molecule has 1 aromatic rings. The van der Waals surface area contributed by atoms with Crippen LogP contribution in [0.3, 0.4) is 0 Å². The Morgan fingerprint density at radius 2 is 2.35 bits per heavy atom. The first kappa shape index (κ1) is 14.7. The summed E-state index contributed by atoms with van der Waals surface area (Å²) >= 11 is 3.17. The molecule has 1 atom stereocenters. The average Bonchev–Trinajstić information content (AvgIpc) is 2.84. The van der Waals surface area contributed by atoms with E-state index in [1.807, 2.05) is 0 Å². The van der Waals surface area contributed by atoms with Gasteiger partial charge in [-0.1, -0.05) is 12.1 Å². The molecular weight excluding hydrogens is 330 g/mol. The molecule has 0 aliphatic carbocycles. The Morgan fingerprint density at radius 3 is 2.95 bits per heavy atom. The Labute approximate surface area is 123 Å². The van der Waals surface area contributed by atoms with Crippen LogP contribution in [0, 0.1) is 10.1 Å². The number of likely N-dealkylation sites (tertiary alicyclic amines) is 1. The molecule has 0 aromatic heterocycles. The summed E-state index contributed by atoms with van der Waals surface area (Å²) in [6.07, 6.45) is -0.212. The molecule has 1 heterocycles. The first-order valence-electron chi connectivity index (χ1n) is 6.12. The molecule has 2 N–H and O–H groups in total. The highest BCUT2D eigenvalue weighted by Gasteiger charge is 2.26. The molecule has 1 aliphatic heterocycles. The number of nitrogens with zero attached hydrogens (tertiary/aromatic N) is 2. The quantitative estimate of drug-likeness (QED) is 0.645. The molecule has 1 amide bonds. The van der Waals surface area contributed by atoms with Gasteiger partial charge in [0.05, 0.1) is 9.40 Å². The van der Waals surface area contributed by atoms with Crippen LogP contribution in [0.4, 0.5) is 10.5 Å². The van der Waals surface area contributed by atoms with Crippen LogP contribution in [-0.2, 0) is 6.54 Å². The Hall–Kier alpha value is -1.67. The van der Waals surface area contributed by atoms with Crippen molar-refractivity contribution in [2.24, 2.45) is 0 Å². The molecule has 1 fully saturated rings. The molecular formula is C12H14BrN3O4. The number of benzene rings is 1. The van der Waals surface area contributed by atoms with Gasteiger partial charge < -0.3 is 15.3 Å². The van der Waals surface area contributed by atoms with Gasteiger partial charge >= 0.3 is 6.09 Å².